The molecule has 0 aliphatic heterocycles. The van der Waals surface area contributed by atoms with E-state index in [0.29, 0.717) is 18.8 Å². The summed E-state index contributed by atoms with van der Waals surface area (Å²) in [4.78, 5) is 0.126. The van der Waals surface area contributed by atoms with Crippen molar-refractivity contribution in [2.45, 2.75) is 24.8 Å². The van der Waals surface area contributed by atoms with E-state index in [9.17, 15) is 8.42 Å². The monoisotopic (exact) mass is 372 g/mol. The normalized spacial score (nSPS) is 11.6. The highest BCUT2D eigenvalue weighted by molar-refractivity contribution is 9.10. The fourth-order valence-electron chi connectivity index (χ4n) is 1.90. The fourth-order valence-corrected chi connectivity index (χ4v) is 3.36. The van der Waals surface area contributed by atoms with E-state index in [1.807, 2.05) is 13.0 Å². The Balaban J connectivity index is 2.28. The lowest BCUT2D eigenvalue weighted by atomic mass is 10.1. The first-order chi connectivity index (χ1) is 9.96. The minimum atomic E-state index is -3.65. The van der Waals surface area contributed by atoms with Crippen LogP contribution in [0.3, 0.4) is 0 Å². The van der Waals surface area contributed by atoms with Gasteiger partial charge in [0, 0.05) is 17.2 Å². The van der Waals surface area contributed by atoms with Crippen LogP contribution in [0, 0.1) is 0 Å². The summed E-state index contributed by atoms with van der Waals surface area (Å²) in [5.41, 5.74) is 6.92. The number of nitrogens with two attached hydrogens (primary N) is 1. The van der Waals surface area contributed by atoms with E-state index >= 15 is 0 Å². The van der Waals surface area contributed by atoms with Crippen LogP contribution in [-0.4, -0.2) is 24.7 Å². The van der Waals surface area contributed by atoms with Gasteiger partial charge in [0.05, 0.1) is 18.4 Å². The van der Waals surface area contributed by atoms with Gasteiger partial charge < -0.3 is 5.73 Å². The number of sulfonamides is 1. The van der Waals surface area contributed by atoms with Gasteiger partial charge in [0.15, 0.2) is 0 Å². The van der Waals surface area contributed by atoms with Crippen LogP contribution in [0.25, 0.3) is 0 Å². The Bertz CT molecular complexity index is 728. The number of anilines is 1. The van der Waals surface area contributed by atoms with Crippen molar-refractivity contribution in [1.82, 2.24) is 9.78 Å². The van der Waals surface area contributed by atoms with Gasteiger partial charge in [-0.25, -0.2) is 8.42 Å². The Morgan fingerprint density at radius 2 is 2.19 bits per heavy atom. The molecule has 21 heavy (non-hydrogen) atoms. The maximum Gasteiger partial charge on any atom is 0.265 e. The highest BCUT2D eigenvalue weighted by Gasteiger charge is 2.18. The van der Waals surface area contributed by atoms with Crippen molar-refractivity contribution in [3.8, 4) is 0 Å². The molecule has 6 nitrogen and oxygen atoms in total. The summed E-state index contributed by atoms with van der Waals surface area (Å²) < 4.78 is 29.8. The predicted octanol–water partition coefficient (Wildman–Crippen LogP) is 1.97. The first-order valence-corrected chi connectivity index (χ1v) is 8.77. The van der Waals surface area contributed by atoms with Crippen molar-refractivity contribution in [2.24, 2.45) is 5.73 Å². The predicted molar refractivity (Wildman–Crippen MR) is 85.6 cm³/mol. The fraction of sp³-hybridized carbons (Fsp3) is 0.308. The molecule has 3 N–H and O–H groups in total. The first-order valence-electron chi connectivity index (χ1n) is 6.50. The van der Waals surface area contributed by atoms with Crippen LogP contribution >= 0.6 is 15.9 Å². The standard InChI is InChI=1S/C13H17BrN4O2S/c1-2-10-7-11(14)3-4-13(10)17-21(19,20)12-8-16-18(9-12)6-5-15/h3-4,7-9,17H,2,5-6,15H2,1H3. The average Bonchev–Trinajstić information content (AvgIpc) is 2.90. The van der Waals surface area contributed by atoms with E-state index in [1.54, 1.807) is 12.1 Å². The topological polar surface area (TPSA) is 90.0 Å². The van der Waals surface area contributed by atoms with Crippen molar-refractivity contribution in [3.05, 3.63) is 40.6 Å². The number of rotatable bonds is 6. The minimum Gasteiger partial charge on any atom is -0.329 e. The molecule has 8 heteroatoms. The number of nitrogens with zero attached hydrogens (tertiary/aromatic N) is 2. The second kappa shape index (κ2) is 6.59. The van der Waals surface area contributed by atoms with Gasteiger partial charge in [-0.2, -0.15) is 5.10 Å². The van der Waals surface area contributed by atoms with Crippen LogP contribution in [0.5, 0.6) is 0 Å². The van der Waals surface area contributed by atoms with E-state index in [4.69, 9.17) is 5.73 Å². The highest BCUT2D eigenvalue weighted by Crippen LogP contribution is 2.24. The molecule has 0 aliphatic carbocycles. The number of hydrogen-bond acceptors (Lipinski definition) is 4. The van der Waals surface area contributed by atoms with Crippen LogP contribution in [-0.2, 0) is 23.0 Å². The second-order valence-electron chi connectivity index (χ2n) is 4.49. The molecule has 2 rings (SSSR count). The number of benzene rings is 1. The molecule has 0 spiro atoms. The zero-order valence-electron chi connectivity index (χ0n) is 11.6. The van der Waals surface area contributed by atoms with Crippen molar-refractivity contribution in [2.75, 3.05) is 11.3 Å². The zero-order valence-corrected chi connectivity index (χ0v) is 14.0. The average molecular weight is 373 g/mol. The van der Waals surface area contributed by atoms with Gasteiger partial charge in [-0.3, -0.25) is 9.40 Å². The van der Waals surface area contributed by atoms with Gasteiger partial charge in [-0.15, -0.1) is 0 Å². The van der Waals surface area contributed by atoms with Gasteiger partial charge in [0.25, 0.3) is 10.0 Å². The number of nitrogens with one attached hydrogen (secondary N) is 1. The number of aryl methyl sites for hydroxylation is 1. The van der Waals surface area contributed by atoms with Crippen LogP contribution in [0.2, 0.25) is 0 Å². The molecule has 0 atom stereocenters. The molecule has 0 radical (unpaired) electrons. The Hall–Kier alpha value is -1.38. The molecule has 1 heterocycles. The Morgan fingerprint density at radius 3 is 2.86 bits per heavy atom. The largest absolute Gasteiger partial charge is 0.329 e. The number of hydrogen-bond donors (Lipinski definition) is 2. The maximum atomic E-state index is 12.4. The lowest BCUT2D eigenvalue weighted by Gasteiger charge is -2.11. The van der Waals surface area contributed by atoms with Crippen molar-refractivity contribution < 1.29 is 8.42 Å². The van der Waals surface area contributed by atoms with E-state index in [-0.39, 0.29) is 4.90 Å². The molecule has 0 saturated carbocycles. The summed E-state index contributed by atoms with van der Waals surface area (Å²) in [7, 11) is -3.65. The molecule has 0 saturated heterocycles. The summed E-state index contributed by atoms with van der Waals surface area (Å²) in [5, 5.41) is 3.98. The van der Waals surface area contributed by atoms with Crippen LogP contribution in [0.15, 0.2) is 40.0 Å². The molecule has 2 aromatic rings. The molecule has 114 valence electrons. The van der Waals surface area contributed by atoms with Crippen molar-refractivity contribution in [3.63, 3.8) is 0 Å². The third-order valence-electron chi connectivity index (χ3n) is 2.97. The quantitative estimate of drug-likeness (QED) is 0.810. The van der Waals surface area contributed by atoms with Gasteiger partial charge in [0.1, 0.15) is 4.90 Å². The molecular weight excluding hydrogens is 356 g/mol. The SMILES string of the molecule is CCc1cc(Br)ccc1NS(=O)(=O)c1cnn(CCN)c1. The third-order valence-corrected chi connectivity index (χ3v) is 4.78. The zero-order chi connectivity index (χ0) is 15.5. The minimum absolute atomic E-state index is 0.126. The summed E-state index contributed by atoms with van der Waals surface area (Å²) in [5.74, 6) is 0. The van der Waals surface area contributed by atoms with Gasteiger partial charge in [-0.05, 0) is 30.2 Å². The molecular formula is C13H17BrN4O2S. The van der Waals surface area contributed by atoms with E-state index in [1.165, 1.54) is 17.1 Å². The Morgan fingerprint density at radius 1 is 1.43 bits per heavy atom. The molecule has 0 unspecified atom stereocenters. The second-order valence-corrected chi connectivity index (χ2v) is 7.09. The summed E-state index contributed by atoms with van der Waals surface area (Å²) >= 11 is 3.38. The van der Waals surface area contributed by atoms with Gasteiger partial charge >= 0.3 is 0 Å². The first kappa shape index (κ1) is 16.0. The smallest absolute Gasteiger partial charge is 0.265 e. The van der Waals surface area contributed by atoms with Crippen LogP contribution in [0.4, 0.5) is 5.69 Å². The summed E-state index contributed by atoms with van der Waals surface area (Å²) in [6, 6.07) is 5.44. The molecule has 0 aliphatic rings. The Labute approximate surface area is 132 Å². The summed E-state index contributed by atoms with van der Waals surface area (Å²) in [6.07, 6.45) is 3.52. The highest BCUT2D eigenvalue weighted by atomic mass is 79.9. The van der Waals surface area contributed by atoms with Crippen LogP contribution < -0.4 is 10.5 Å². The van der Waals surface area contributed by atoms with E-state index < -0.39 is 10.0 Å². The Kier molecular flexibility index (Phi) is 5.02. The summed E-state index contributed by atoms with van der Waals surface area (Å²) in [6.45, 7) is 2.86. The number of aromatic nitrogens is 2. The van der Waals surface area contributed by atoms with Crippen molar-refractivity contribution >= 4 is 31.6 Å². The van der Waals surface area contributed by atoms with Gasteiger partial charge in [0.2, 0.25) is 0 Å². The van der Waals surface area contributed by atoms with Gasteiger partial charge in [-0.1, -0.05) is 22.9 Å². The third kappa shape index (κ3) is 3.84. The molecule has 0 fully saturated rings. The van der Waals surface area contributed by atoms with Crippen LogP contribution in [0.1, 0.15) is 12.5 Å². The molecule has 1 aromatic carbocycles. The molecule has 0 amide bonds. The van der Waals surface area contributed by atoms with Crippen molar-refractivity contribution in [1.29, 1.82) is 0 Å². The van der Waals surface area contributed by atoms with E-state index in [2.05, 4.69) is 25.8 Å². The lowest BCUT2D eigenvalue weighted by molar-refractivity contribution is 0.599. The molecule has 1 aromatic heterocycles. The maximum absolute atomic E-state index is 12.4. The van der Waals surface area contributed by atoms with E-state index in [0.717, 1.165) is 16.5 Å². The number of halogens is 1. The molecule has 0 bridgehead atoms. The lowest BCUT2D eigenvalue weighted by Crippen LogP contribution is -2.14.